The number of benzene rings is 1. The van der Waals surface area contributed by atoms with Gasteiger partial charge >= 0.3 is 0 Å². The molecule has 1 unspecified atom stereocenters. The van der Waals surface area contributed by atoms with Gasteiger partial charge in [0.05, 0.1) is 9.82 Å². The molecule has 0 aromatic heterocycles. The molecule has 1 aromatic rings. The Morgan fingerprint density at radius 2 is 1.88 bits per heavy atom. The Bertz CT molecular complexity index is 700. The lowest BCUT2D eigenvalue weighted by Crippen LogP contribution is -2.54. The number of piperazine rings is 1. The zero-order chi connectivity index (χ0) is 18.6. The fourth-order valence-corrected chi connectivity index (χ4v) is 4.07. The van der Waals surface area contributed by atoms with E-state index in [1.54, 1.807) is 0 Å². The normalized spacial score (nSPS) is 18.4. The Kier molecular flexibility index (Phi) is 6.50. The second-order valence-electron chi connectivity index (χ2n) is 6.76. The van der Waals surface area contributed by atoms with E-state index in [0.717, 1.165) is 32.2 Å². The number of non-ortho nitro benzene ring substituents is 1. The van der Waals surface area contributed by atoms with E-state index in [1.165, 1.54) is 18.2 Å². The first kappa shape index (κ1) is 19.8. The molecular formula is C16H26N4O4S. The van der Waals surface area contributed by atoms with Crippen molar-refractivity contribution >= 4 is 15.7 Å². The molecule has 0 saturated carbocycles. The summed E-state index contributed by atoms with van der Waals surface area (Å²) in [4.78, 5) is 14.7. The average Bonchev–Trinajstić information content (AvgIpc) is 2.56. The number of hydrogen-bond donors (Lipinski definition) is 1. The summed E-state index contributed by atoms with van der Waals surface area (Å²) in [5.74, 6) is 0.288. The lowest BCUT2D eigenvalue weighted by atomic mass is 10.0. The minimum absolute atomic E-state index is 0.0809. The Morgan fingerprint density at radius 1 is 1.24 bits per heavy atom. The van der Waals surface area contributed by atoms with Crippen LogP contribution in [0.5, 0.6) is 0 Å². The molecule has 25 heavy (non-hydrogen) atoms. The molecule has 0 radical (unpaired) electrons. The largest absolute Gasteiger partial charge is 0.304 e. The van der Waals surface area contributed by atoms with Crippen LogP contribution in [0.15, 0.2) is 29.2 Å². The molecule has 8 nitrogen and oxygen atoms in total. The van der Waals surface area contributed by atoms with Crippen molar-refractivity contribution in [3.8, 4) is 0 Å². The molecule has 1 aromatic carbocycles. The van der Waals surface area contributed by atoms with Crippen molar-refractivity contribution in [3.05, 3.63) is 34.4 Å². The summed E-state index contributed by atoms with van der Waals surface area (Å²) in [6, 6.07) is 5.20. The van der Waals surface area contributed by atoms with Crippen LogP contribution in [0.1, 0.15) is 13.8 Å². The molecule has 0 bridgehead atoms. The van der Waals surface area contributed by atoms with Gasteiger partial charge in [-0.15, -0.1) is 0 Å². The van der Waals surface area contributed by atoms with Gasteiger partial charge in [-0.25, -0.2) is 13.1 Å². The molecule has 0 amide bonds. The molecule has 1 heterocycles. The summed E-state index contributed by atoms with van der Waals surface area (Å²) in [6.45, 7) is 8.15. The van der Waals surface area contributed by atoms with Crippen molar-refractivity contribution in [2.45, 2.75) is 24.8 Å². The van der Waals surface area contributed by atoms with Crippen molar-refractivity contribution in [1.82, 2.24) is 14.5 Å². The molecule has 1 aliphatic rings. The fourth-order valence-electron chi connectivity index (χ4n) is 2.98. The highest BCUT2D eigenvalue weighted by Gasteiger charge is 2.27. The Labute approximate surface area is 149 Å². The van der Waals surface area contributed by atoms with Gasteiger partial charge in [0.25, 0.3) is 5.69 Å². The monoisotopic (exact) mass is 370 g/mol. The predicted octanol–water partition coefficient (Wildman–Crippen LogP) is 1.15. The predicted molar refractivity (Wildman–Crippen MR) is 96.0 cm³/mol. The van der Waals surface area contributed by atoms with Gasteiger partial charge in [0, 0.05) is 50.9 Å². The molecule has 2 rings (SSSR count). The quantitative estimate of drug-likeness (QED) is 0.571. The summed E-state index contributed by atoms with van der Waals surface area (Å²) in [5.41, 5.74) is -0.234. The fraction of sp³-hybridized carbons (Fsp3) is 0.625. The van der Waals surface area contributed by atoms with Gasteiger partial charge in [0.15, 0.2) is 0 Å². The topological polar surface area (TPSA) is 95.8 Å². The minimum Gasteiger partial charge on any atom is -0.304 e. The maximum atomic E-state index is 12.5. The minimum atomic E-state index is -3.79. The molecule has 0 aliphatic carbocycles. The van der Waals surface area contributed by atoms with Gasteiger partial charge in [0.2, 0.25) is 10.0 Å². The molecule has 1 saturated heterocycles. The molecule has 1 atom stereocenters. The highest BCUT2D eigenvalue weighted by atomic mass is 32.2. The van der Waals surface area contributed by atoms with E-state index in [0.29, 0.717) is 0 Å². The van der Waals surface area contributed by atoms with Gasteiger partial charge in [-0.2, -0.15) is 0 Å². The number of nitro benzene ring substituents is 1. The van der Waals surface area contributed by atoms with Crippen molar-refractivity contribution in [1.29, 1.82) is 0 Å². The Morgan fingerprint density at radius 3 is 2.44 bits per heavy atom. The highest BCUT2D eigenvalue weighted by Crippen LogP contribution is 2.18. The van der Waals surface area contributed by atoms with Crippen LogP contribution in [-0.2, 0) is 10.0 Å². The van der Waals surface area contributed by atoms with Crippen LogP contribution in [0.3, 0.4) is 0 Å². The summed E-state index contributed by atoms with van der Waals surface area (Å²) in [7, 11) is -1.71. The molecule has 1 N–H and O–H groups in total. The van der Waals surface area contributed by atoms with E-state index in [1.807, 2.05) is 0 Å². The molecule has 1 aliphatic heterocycles. The van der Waals surface area contributed by atoms with Crippen molar-refractivity contribution < 1.29 is 13.3 Å². The first-order valence-electron chi connectivity index (χ1n) is 8.37. The number of nitrogens with zero attached hydrogens (tertiary/aromatic N) is 3. The maximum absolute atomic E-state index is 12.5. The van der Waals surface area contributed by atoms with Crippen LogP contribution in [0.2, 0.25) is 0 Å². The van der Waals surface area contributed by atoms with Crippen LogP contribution in [0, 0.1) is 16.0 Å². The van der Waals surface area contributed by atoms with Crippen molar-refractivity contribution in [2.24, 2.45) is 5.92 Å². The van der Waals surface area contributed by atoms with E-state index in [2.05, 4.69) is 35.4 Å². The van der Waals surface area contributed by atoms with Crippen LogP contribution >= 0.6 is 0 Å². The third-order valence-corrected chi connectivity index (χ3v) is 6.02. The van der Waals surface area contributed by atoms with E-state index in [4.69, 9.17) is 0 Å². The third-order valence-electron chi connectivity index (χ3n) is 4.60. The smallest absolute Gasteiger partial charge is 0.270 e. The first-order valence-corrected chi connectivity index (χ1v) is 9.86. The van der Waals surface area contributed by atoms with Crippen LogP contribution in [0.4, 0.5) is 5.69 Å². The highest BCUT2D eigenvalue weighted by molar-refractivity contribution is 7.89. The van der Waals surface area contributed by atoms with Crippen molar-refractivity contribution in [3.63, 3.8) is 0 Å². The second kappa shape index (κ2) is 8.22. The molecule has 0 spiro atoms. The van der Waals surface area contributed by atoms with Gasteiger partial charge < -0.3 is 4.90 Å². The van der Waals surface area contributed by atoms with Crippen molar-refractivity contribution in [2.75, 3.05) is 39.8 Å². The first-order chi connectivity index (χ1) is 11.7. The standard InChI is InChI=1S/C16H26N4O4S/c1-13(2)16(19-9-7-18(3)8-10-19)12-17-25(23,24)15-6-4-5-14(11-15)20(21)22/h4-6,11,13,16-17H,7-10,12H2,1-3H3. The Hall–Kier alpha value is -1.55. The summed E-state index contributed by atoms with van der Waals surface area (Å²) in [6.07, 6.45) is 0. The SMILES string of the molecule is CC(C)C(CNS(=O)(=O)c1cccc([N+](=O)[O-])c1)N1CCN(C)CC1. The average molecular weight is 370 g/mol. The van der Waals surface area contributed by atoms with Crippen LogP contribution in [0.25, 0.3) is 0 Å². The van der Waals surface area contributed by atoms with Crippen LogP contribution in [-0.4, -0.2) is 69.0 Å². The van der Waals surface area contributed by atoms with Gasteiger partial charge in [0.1, 0.15) is 0 Å². The Balaban J connectivity index is 2.08. The summed E-state index contributed by atoms with van der Waals surface area (Å²) in [5, 5.41) is 10.8. The number of rotatable bonds is 7. The van der Waals surface area contributed by atoms with Gasteiger partial charge in [-0.1, -0.05) is 19.9 Å². The lowest BCUT2D eigenvalue weighted by molar-refractivity contribution is -0.385. The van der Waals surface area contributed by atoms with E-state index >= 15 is 0 Å². The number of likely N-dealkylation sites (N-methyl/N-ethyl adjacent to an activating group) is 1. The maximum Gasteiger partial charge on any atom is 0.270 e. The zero-order valence-corrected chi connectivity index (χ0v) is 15.7. The molecule has 1 fully saturated rings. The van der Waals surface area contributed by atoms with E-state index in [-0.39, 0.29) is 29.1 Å². The number of hydrogen-bond acceptors (Lipinski definition) is 6. The van der Waals surface area contributed by atoms with Gasteiger partial charge in [-0.3, -0.25) is 15.0 Å². The van der Waals surface area contributed by atoms with Crippen LogP contribution < -0.4 is 4.72 Å². The summed E-state index contributed by atoms with van der Waals surface area (Å²) < 4.78 is 27.6. The number of sulfonamides is 1. The third kappa shape index (κ3) is 5.21. The van der Waals surface area contributed by atoms with E-state index < -0.39 is 14.9 Å². The molecule has 140 valence electrons. The summed E-state index contributed by atoms with van der Waals surface area (Å²) >= 11 is 0. The number of nitro groups is 1. The van der Waals surface area contributed by atoms with Gasteiger partial charge in [-0.05, 0) is 19.0 Å². The number of nitrogens with one attached hydrogen (secondary N) is 1. The molecular weight excluding hydrogens is 344 g/mol. The molecule has 9 heteroatoms. The zero-order valence-electron chi connectivity index (χ0n) is 14.9. The van der Waals surface area contributed by atoms with E-state index in [9.17, 15) is 18.5 Å². The second-order valence-corrected chi connectivity index (χ2v) is 8.52. The lowest BCUT2D eigenvalue weighted by Gasteiger charge is -2.39.